The van der Waals surface area contributed by atoms with Gasteiger partial charge in [0.05, 0.1) is 36.9 Å². The molecule has 0 unspecified atom stereocenters. The van der Waals surface area contributed by atoms with Crippen LogP contribution < -0.4 is 4.90 Å². The van der Waals surface area contributed by atoms with Crippen LogP contribution in [0.1, 0.15) is 38.2 Å². The number of hydrogen-bond donors (Lipinski definition) is 1. The van der Waals surface area contributed by atoms with Gasteiger partial charge in [-0.25, -0.2) is 4.98 Å². The van der Waals surface area contributed by atoms with Gasteiger partial charge in [0.1, 0.15) is 5.82 Å². The highest BCUT2D eigenvalue weighted by molar-refractivity contribution is 5.84. The first-order valence-corrected chi connectivity index (χ1v) is 9.87. The van der Waals surface area contributed by atoms with Crippen molar-refractivity contribution < 1.29 is 4.74 Å². The molecule has 1 atom stereocenters. The van der Waals surface area contributed by atoms with Crippen molar-refractivity contribution >= 4 is 16.9 Å². The molecule has 0 bridgehead atoms. The Balaban J connectivity index is 1.75. The molecule has 4 heterocycles. The fourth-order valence-electron chi connectivity index (χ4n) is 4.56. The molecule has 0 spiro atoms. The lowest BCUT2D eigenvalue weighted by Gasteiger charge is -2.35. The van der Waals surface area contributed by atoms with Crippen molar-refractivity contribution in [2.24, 2.45) is 0 Å². The van der Waals surface area contributed by atoms with Crippen molar-refractivity contribution in [3.05, 3.63) is 30.1 Å². The number of aromatic nitrogens is 5. The molecule has 3 aromatic heterocycles. The molecule has 0 radical (unpaired) electrons. The third-order valence-corrected chi connectivity index (χ3v) is 6.08. The van der Waals surface area contributed by atoms with Crippen molar-refractivity contribution in [2.45, 2.75) is 44.1 Å². The maximum Gasteiger partial charge on any atom is 0.177 e. The van der Waals surface area contributed by atoms with Gasteiger partial charge in [0.25, 0.3) is 0 Å². The SMILES string of the molecule is C[C@@H]1COCCN1c1cc(C2(C#N)CCCC2)c2cnn(-c3cc[nH]n3)c2n1. The van der Waals surface area contributed by atoms with E-state index in [4.69, 9.17) is 9.72 Å². The number of hydrogen-bond acceptors (Lipinski definition) is 6. The summed E-state index contributed by atoms with van der Waals surface area (Å²) >= 11 is 0. The molecule has 1 saturated carbocycles. The van der Waals surface area contributed by atoms with Gasteiger partial charge < -0.3 is 9.64 Å². The van der Waals surface area contributed by atoms with E-state index in [-0.39, 0.29) is 6.04 Å². The smallest absolute Gasteiger partial charge is 0.177 e. The van der Waals surface area contributed by atoms with Gasteiger partial charge in [-0.1, -0.05) is 12.8 Å². The second kappa shape index (κ2) is 6.60. The lowest BCUT2D eigenvalue weighted by molar-refractivity contribution is 0.0985. The van der Waals surface area contributed by atoms with Gasteiger partial charge in [0.2, 0.25) is 0 Å². The summed E-state index contributed by atoms with van der Waals surface area (Å²) < 4.78 is 7.36. The number of anilines is 1. The van der Waals surface area contributed by atoms with Crippen molar-refractivity contribution in [3.8, 4) is 11.9 Å². The number of nitrogens with one attached hydrogen (secondary N) is 1. The number of H-pyrrole nitrogens is 1. The highest BCUT2D eigenvalue weighted by Crippen LogP contribution is 2.44. The van der Waals surface area contributed by atoms with E-state index in [2.05, 4.69) is 39.3 Å². The number of rotatable bonds is 3. The predicted octanol–water partition coefficient (Wildman–Crippen LogP) is 2.70. The van der Waals surface area contributed by atoms with E-state index in [1.54, 1.807) is 10.9 Å². The number of ether oxygens (including phenoxy) is 1. The molecule has 8 heteroatoms. The van der Waals surface area contributed by atoms with Gasteiger partial charge >= 0.3 is 0 Å². The Morgan fingerprint density at radius 3 is 2.89 bits per heavy atom. The minimum absolute atomic E-state index is 0.231. The molecule has 2 aliphatic rings. The number of fused-ring (bicyclic) bond motifs is 1. The largest absolute Gasteiger partial charge is 0.377 e. The van der Waals surface area contributed by atoms with Crippen LogP contribution in [0.25, 0.3) is 16.9 Å². The van der Waals surface area contributed by atoms with E-state index >= 15 is 0 Å². The third kappa shape index (κ3) is 2.58. The molecule has 2 fully saturated rings. The molecule has 1 saturated heterocycles. The van der Waals surface area contributed by atoms with Gasteiger partial charge in [-0.15, -0.1) is 0 Å². The summed E-state index contributed by atoms with van der Waals surface area (Å²) in [5.74, 6) is 1.58. The number of morpholine rings is 1. The van der Waals surface area contributed by atoms with E-state index in [0.29, 0.717) is 19.0 Å². The lowest BCUT2D eigenvalue weighted by atomic mass is 9.79. The zero-order chi connectivity index (χ0) is 19.1. The van der Waals surface area contributed by atoms with Crippen LogP contribution >= 0.6 is 0 Å². The van der Waals surface area contributed by atoms with Crippen LogP contribution in [-0.4, -0.2) is 50.8 Å². The Bertz CT molecular complexity index is 1030. The first-order valence-electron chi connectivity index (χ1n) is 9.87. The van der Waals surface area contributed by atoms with Crippen molar-refractivity contribution in [2.75, 3.05) is 24.7 Å². The molecule has 3 aromatic rings. The summed E-state index contributed by atoms with van der Waals surface area (Å²) in [6, 6.07) is 6.86. The Morgan fingerprint density at radius 1 is 1.32 bits per heavy atom. The van der Waals surface area contributed by atoms with E-state index in [1.165, 1.54) is 0 Å². The zero-order valence-corrected chi connectivity index (χ0v) is 15.9. The van der Waals surface area contributed by atoms with E-state index in [9.17, 15) is 5.26 Å². The van der Waals surface area contributed by atoms with Crippen molar-refractivity contribution in [1.29, 1.82) is 5.26 Å². The van der Waals surface area contributed by atoms with Gasteiger partial charge in [-0.05, 0) is 31.4 Å². The molecular weight excluding hydrogens is 354 g/mol. The topological polar surface area (TPSA) is 95.7 Å². The lowest BCUT2D eigenvalue weighted by Crippen LogP contribution is -2.44. The summed E-state index contributed by atoms with van der Waals surface area (Å²) in [5, 5.41) is 22.7. The molecule has 0 aromatic carbocycles. The highest BCUT2D eigenvalue weighted by Gasteiger charge is 2.39. The summed E-state index contributed by atoms with van der Waals surface area (Å²) in [5.41, 5.74) is 1.33. The number of pyridine rings is 1. The van der Waals surface area contributed by atoms with Crippen LogP contribution in [0, 0.1) is 11.3 Å². The molecule has 0 amide bonds. The average Bonchev–Trinajstić information content (AvgIpc) is 3.47. The molecule has 8 nitrogen and oxygen atoms in total. The summed E-state index contributed by atoms with van der Waals surface area (Å²) in [4.78, 5) is 7.24. The van der Waals surface area contributed by atoms with Crippen LogP contribution in [0.2, 0.25) is 0 Å². The number of aromatic amines is 1. The second-order valence-electron chi connectivity index (χ2n) is 7.77. The first-order chi connectivity index (χ1) is 13.7. The maximum atomic E-state index is 10.1. The van der Waals surface area contributed by atoms with Crippen LogP contribution in [0.5, 0.6) is 0 Å². The Hall–Kier alpha value is -2.92. The Morgan fingerprint density at radius 2 is 2.18 bits per heavy atom. The standard InChI is InChI=1S/C20H23N7O/c1-14-12-28-9-8-26(14)18-10-16(20(13-21)5-2-3-6-20)15-11-23-27(19(15)24-18)17-4-7-22-25-17/h4,7,10-11,14H,2-3,5-6,8-9,12H2,1H3,(H,22,25)/t14-/m1/s1. The van der Waals surface area contributed by atoms with Crippen molar-refractivity contribution in [3.63, 3.8) is 0 Å². The summed E-state index contributed by atoms with van der Waals surface area (Å²) in [6.07, 6.45) is 7.52. The molecule has 144 valence electrons. The van der Waals surface area contributed by atoms with Crippen LogP contribution in [0.3, 0.4) is 0 Å². The van der Waals surface area contributed by atoms with E-state index < -0.39 is 5.41 Å². The highest BCUT2D eigenvalue weighted by atomic mass is 16.5. The second-order valence-corrected chi connectivity index (χ2v) is 7.77. The average molecular weight is 377 g/mol. The molecule has 1 aliphatic carbocycles. The van der Waals surface area contributed by atoms with Gasteiger partial charge in [0, 0.05) is 24.2 Å². The van der Waals surface area contributed by atoms with Crippen molar-refractivity contribution in [1.82, 2.24) is 25.0 Å². The van der Waals surface area contributed by atoms with Crippen LogP contribution in [0.4, 0.5) is 5.82 Å². The van der Waals surface area contributed by atoms with Gasteiger partial charge in [-0.2, -0.15) is 20.1 Å². The number of nitrogens with zero attached hydrogens (tertiary/aromatic N) is 6. The maximum absolute atomic E-state index is 10.1. The fourth-order valence-corrected chi connectivity index (χ4v) is 4.56. The van der Waals surface area contributed by atoms with E-state index in [0.717, 1.165) is 54.6 Å². The third-order valence-electron chi connectivity index (χ3n) is 6.08. The fraction of sp³-hybridized carbons (Fsp3) is 0.500. The molecule has 1 aliphatic heterocycles. The quantitative estimate of drug-likeness (QED) is 0.754. The minimum atomic E-state index is -0.467. The predicted molar refractivity (Wildman–Crippen MR) is 104 cm³/mol. The van der Waals surface area contributed by atoms with Crippen LogP contribution in [0.15, 0.2) is 24.5 Å². The first kappa shape index (κ1) is 17.2. The molecule has 28 heavy (non-hydrogen) atoms. The molecule has 5 rings (SSSR count). The van der Waals surface area contributed by atoms with Gasteiger partial charge in [-0.3, -0.25) is 5.10 Å². The van der Waals surface area contributed by atoms with E-state index in [1.807, 2.05) is 12.3 Å². The molecule has 1 N–H and O–H groups in total. The van der Waals surface area contributed by atoms with Gasteiger partial charge in [0.15, 0.2) is 11.5 Å². The minimum Gasteiger partial charge on any atom is -0.377 e. The molecular formula is C20H23N7O. The van der Waals surface area contributed by atoms with Crippen LogP contribution in [-0.2, 0) is 10.2 Å². The Labute approximate surface area is 163 Å². The monoisotopic (exact) mass is 377 g/mol. The summed E-state index contributed by atoms with van der Waals surface area (Å²) in [7, 11) is 0. The summed E-state index contributed by atoms with van der Waals surface area (Å²) in [6.45, 7) is 4.29. The Kier molecular flexibility index (Phi) is 4.05. The zero-order valence-electron chi connectivity index (χ0n) is 15.9. The number of nitriles is 1. The normalized spacial score (nSPS) is 21.9.